The summed E-state index contributed by atoms with van der Waals surface area (Å²) in [5.41, 5.74) is 0.886. The van der Waals surface area contributed by atoms with Crippen LogP contribution in [0.5, 0.6) is 0 Å². The van der Waals surface area contributed by atoms with Gasteiger partial charge in [-0.3, -0.25) is 0 Å². The summed E-state index contributed by atoms with van der Waals surface area (Å²) in [6.45, 7) is 5.89. The van der Waals surface area contributed by atoms with Crippen molar-refractivity contribution in [2.45, 2.75) is 39.5 Å². The normalized spacial score (nSPS) is 26.8. The van der Waals surface area contributed by atoms with Crippen LogP contribution in [0.1, 0.15) is 39.5 Å². The molecule has 0 spiro atoms. The molecule has 3 heteroatoms. The van der Waals surface area contributed by atoms with Gasteiger partial charge in [-0.15, -0.1) is 0 Å². The van der Waals surface area contributed by atoms with E-state index >= 15 is 0 Å². The van der Waals surface area contributed by atoms with Crippen molar-refractivity contribution >= 4 is 5.97 Å². The molecule has 16 heavy (non-hydrogen) atoms. The molecule has 92 valence electrons. The summed E-state index contributed by atoms with van der Waals surface area (Å²) in [5.74, 6) is 0.824. The van der Waals surface area contributed by atoms with E-state index in [1.54, 1.807) is 0 Å². The van der Waals surface area contributed by atoms with E-state index in [0.717, 1.165) is 24.0 Å². The quantitative estimate of drug-likeness (QED) is 0.706. The SMILES string of the molecule is CC(=CC(=O)O)CNCC1CCC(C)CC1. The lowest BCUT2D eigenvalue weighted by atomic mass is 9.83. The minimum Gasteiger partial charge on any atom is -0.478 e. The van der Waals surface area contributed by atoms with Crippen LogP contribution >= 0.6 is 0 Å². The van der Waals surface area contributed by atoms with E-state index in [0.29, 0.717) is 6.54 Å². The Morgan fingerprint density at radius 1 is 1.38 bits per heavy atom. The Kier molecular flexibility index (Phi) is 5.53. The van der Waals surface area contributed by atoms with E-state index in [2.05, 4.69) is 12.2 Å². The molecule has 0 amide bonds. The van der Waals surface area contributed by atoms with E-state index in [9.17, 15) is 4.79 Å². The Morgan fingerprint density at radius 2 is 2.00 bits per heavy atom. The minimum absolute atomic E-state index is 0.693. The minimum atomic E-state index is -0.856. The first-order valence-corrected chi connectivity index (χ1v) is 6.18. The highest BCUT2D eigenvalue weighted by Gasteiger charge is 2.17. The third-order valence-electron chi connectivity index (χ3n) is 3.34. The number of carboxylic acid groups (broad SMARTS) is 1. The van der Waals surface area contributed by atoms with Gasteiger partial charge in [-0.1, -0.05) is 25.3 Å². The summed E-state index contributed by atoms with van der Waals surface area (Å²) in [6, 6.07) is 0. The van der Waals surface area contributed by atoms with Gasteiger partial charge in [-0.25, -0.2) is 4.79 Å². The molecule has 0 atom stereocenters. The number of nitrogens with one attached hydrogen (secondary N) is 1. The Bertz CT molecular complexity index is 253. The second-order valence-corrected chi connectivity index (χ2v) is 5.09. The maximum atomic E-state index is 10.4. The molecule has 1 aliphatic carbocycles. The summed E-state index contributed by atoms with van der Waals surface area (Å²) < 4.78 is 0. The molecule has 3 nitrogen and oxygen atoms in total. The van der Waals surface area contributed by atoms with Crippen LogP contribution < -0.4 is 5.32 Å². The Labute approximate surface area is 97.9 Å². The third-order valence-corrected chi connectivity index (χ3v) is 3.34. The van der Waals surface area contributed by atoms with Crippen molar-refractivity contribution in [3.8, 4) is 0 Å². The molecule has 0 aromatic carbocycles. The molecule has 0 bridgehead atoms. The lowest BCUT2D eigenvalue weighted by Crippen LogP contribution is -2.27. The van der Waals surface area contributed by atoms with Gasteiger partial charge in [0.15, 0.2) is 0 Å². The zero-order valence-corrected chi connectivity index (χ0v) is 10.3. The fourth-order valence-electron chi connectivity index (χ4n) is 2.27. The molecule has 0 heterocycles. The Hall–Kier alpha value is -0.830. The van der Waals surface area contributed by atoms with E-state index in [1.807, 2.05) is 6.92 Å². The summed E-state index contributed by atoms with van der Waals surface area (Å²) >= 11 is 0. The van der Waals surface area contributed by atoms with E-state index in [1.165, 1.54) is 31.8 Å². The summed E-state index contributed by atoms with van der Waals surface area (Å²) in [6.07, 6.45) is 6.59. The highest BCUT2D eigenvalue weighted by Crippen LogP contribution is 2.27. The van der Waals surface area contributed by atoms with Crippen molar-refractivity contribution in [3.63, 3.8) is 0 Å². The van der Waals surface area contributed by atoms with Gasteiger partial charge in [0, 0.05) is 12.6 Å². The smallest absolute Gasteiger partial charge is 0.328 e. The van der Waals surface area contributed by atoms with Crippen molar-refractivity contribution in [2.24, 2.45) is 11.8 Å². The van der Waals surface area contributed by atoms with Gasteiger partial charge in [-0.05, 0) is 38.1 Å². The summed E-state index contributed by atoms with van der Waals surface area (Å²) in [5, 5.41) is 11.9. The lowest BCUT2D eigenvalue weighted by molar-refractivity contribution is -0.131. The predicted molar refractivity (Wildman–Crippen MR) is 65.4 cm³/mol. The van der Waals surface area contributed by atoms with Crippen molar-refractivity contribution in [2.75, 3.05) is 13.1 Å². The number of aliphatic carboxylic acids is 1. The van der Waals surface area contributed by atoms with Crippen LogP contribution in [-0.2, 0) is 4.79 Å². The first-order valence-electron chi connectivity index (χ1n) is 6.18. The van der Waals surface area contributed by atoms with Gasteiger partial charge in [-0.2, -0.15) is 0 Å². The standard InChI is InChI=1S/C13H23NO2/c1-10-3-5-12(6-4-10)9-14-8-11(2)7-13(15)16/h7,10,12,14H,3-6,8-9H2,1-2H3,(H,15,16). The molecular weight excluding hydrogens is 202 g/mol. The van der Waals surface area contributed by atoms with Gasteiger partial charge < -0.3 is 10.4 Å². The Morgan fingerprint density at radius 3 is 2.56 bits per heavy atom. The number of hydrogen-bond acceptors (Lipinski definition) is 2. The fraction of sp³-hybridized carbons (Fsp3) is 0.769. The van der Waals surface area contributed by atoms with Gasteiger partial charge in [0.2, 0.25) is 0 Å². The van der Waals surface area contributed by atoms with Crippen molar-refractivity contribution in [1.82, 2.24) is 5.32 Å². The molecule has 0 saturated heterocycles. The molecule has 0 aromatic heterocycles. The molecule has 2 N–H and O–H groups in total. The highest BCUT2D eigenvalue weighted by molar-refractivity contribution is 5.80. The van der Waals surface area contributed by atoms with E-state index in [-0.39, 0.29) is 0 Å². The first-order chi connectivity index (χ1) is 7.58. The molecule has 0 unspecified atom stereocenters. The highest BCUT2D eigenvalue weighted by atomic mass is 16.4. The topological polar surface area (TPSA) is 49.3 Å². The number of carbonyl (C=O) groups is 1. The predicted octanol–water partition coefficient (Wildman–Crippen LogP) is 2.43. The molecule has 1 saturated carbocycles. The number of rotatable bonds is 5. The maximum Gasteiger partial charge on any atom is 0.328 e. The van der Waals surface area contributed by atoms with Crippen LogP contribution in [0.2, 0.25) is 0 Å². The van der Waals surface area contributed by atoms with Crippen LogP contribution in [-0.4, -0.2) is 24.2 Å². The molecule has 1 fully saturated rings. The molecule has 1 aliphatic rings. The molecular formula is C13H23NO2. The van der Waals surface area contributed by atoms with Gasteiger partial charge in [0.1, 0.15) is 0 Å². The van der Waals surface area contributed by atoms with Crippen molar-refractivity contribution < 1.29 is 9.90 Å². The summed E-state index contributed by atoms with van der Waals surface area (Å²) in [4.78, 5) is 10.4. The van der Waals surface area contributed by atoms with E-state index in [4.69, 9.17) is 5.11 Å². The van der Waals surface area contributed by atoms with Crippen molar-refractivity contribution in [1.29, 1.82) is 0 Å². The number of hydrogen-bond donors (Lipinski definition) is 2. The molecule has 0 aliphatic heterocycles. The zero-order valence-electron chi connectivity index (χ0n) is 10.3. The average Bonchev–Trinajstić information content (AvgIpc) is 2.20. The largest absolute Gasteiger partial charge is 0.478 e. The fourth-order valence-corrected chi connectivity index (χ4v) is 2.27. The van der Waals surface area contributed by atoms with Crippen LogP contribution in [0.25, 0.3) is 0 Å². The van der Waals surface area contributed by atoms with Crippen LogP contribution in [0.15, 0.2) is 11.6 Å². The Balaban J connectivity index is 2.13. The maximum absolute atomic E-state index is 10.4. The second kappa shape index (κ2) is 6.69. The first kappa shape index (κ1) is 13.2. The van der Waals surface area contributed by atoms with Crippen LogP contribution in [0.4, 0.5) is 0 Å². The van der Waals surface area contributed by atoms with Crippen LogP contribution in [0.3, 0.4) is 0 Å². The zero-order chi connectivity index (χ0) is 12.0. The lowest BCUT2D eigenvalue weighted by Gasteiger charge is -2.26. The van der Waals surface area contributed by atoms with Gasteiger partial charge in [0.05, 0.1) is 0 Å². The monoisotopic (exact) mass is 225 g/mol. The van der Waals surface area contributed by atoms with Gasteiger partial charge >= 0.3 is 5.97 Å². The molecule has 0 radical (unpaired) electrons. The number of carboxylic acids is 1. The molecule has 1 rings (SSSR count). The average molecular weight is 225 g/mol. The van der Waals surface area contributed by atoms with Crippen LogP contribution in [0, 0.1) is 11.8 Å². The second-order valence-electron chi connectivity index (χ2n) is 5.09. The van der Waals surface area contributed by atoms with Crippen molar-refractivity contribution in [3.05, 3.63) is 11.6 Å². The van der Waals surface area contributed by atoms with E-state index < -0.39 is 5.97 Å². The third kappa shape index (κ3) is 5.31. The summed E-state index contributed by atoms with van der Waals surface area (Å²) in [7, 11) is 0. The van der Waals surface area contributed by atoms with Gasteiger partial charge in [0.25, 0.3) is 0 Å². The molecule has 0 aromatic rings.